The molecule has 0 N–H and O–H groups in total. The molecule has 0 unspecified atom stereocenters. The molecule has 1 spiro atoms. The number of rotatable bonds is 4. The summed E-state index contributed by atoms with van der Waals surface area (Å²) >= 11 is 0. The summed E-state index contributed by atoms with van der Waals surface area (Å²) in [5.74, 6) is 0.674. The number of amides is 1. The summed E-state index contributed by atoms with van der Waals surface area (Å²) in [6.45, 7) is 9.58. The maximum Gasteiger partial charge on any atom is 0.254 e. The molecule has 0 aromatic heterocycles. The van der Waals surface area contributed by atoms with Gasteiger partial charge in [-0.15, -0.1) is 0 Å². The van der Waals surface area contributed by atoms with Gasteiger partial charge < -0.3 is 19.1 Å². The van der Waals surface area contributed by atoms with Crippen molar-refractivity contribution in [3.63, 3.8) is 0 Å². The average Bonchev–Trinajstić information content (AvgIpc) is 2.89. The molecule has 1 aromatic rings. The van der Waals surface area contributed by atoms with Crippen molar-refractivity contribution in [3.8, 4) is 5.75 Å². The molecule has 0 saturated carbocycles. The van der Waals surface area contributed by atoms with Crippen LogP contribution in [0.2, 0.25) is 0 Å². The molecular formula is C21H30N2O4. The first-order valence-corrected chi connectivity index (χ1v) is 9.54. The summed E-state index contributed by atoms with van der Waals surface area (Å²) < 4.78 is 17.3. The average molecular weight is 374 g/mol. The van der Waals surface area contributed by atoms with E-state index in [0.717, 1.165) is 19.6 Å². The summed E-state index contributed by atoms with van der Waals surface area (Å²) in [6.07, 6.45) is 2.14. The topological polar surface area (TPSA) is 51.2 Å². The fourth-order valence-corrected chi connectivity index (χ4v) is 3.70. The molecular weight excluding hydrogens is 344 g/mol. The number of allylic oxidation sites excluding steroid dienone is 1. The van der Waals surface area contributed by atoms with Crippen molar-refractivity contribution in [2.75, 3.05) is 59.7 Å². The van der Waals surface area contributed by atoms with Gasteiger partial charge in [-0.05, 0) is 32.0 Å². The van der Waals surface area contributed by atoms with Crippen LogP contribution in [-0.4, -0.2) is 81.0 Å². The molecule has 0 aliphatic carbocycles. The van der Waals surface area contributed by atoms with Crippen LogP contribution >= 0.6 is 0 Å². The first-order valence-electron chi connectivity index (χ1n) is 9.54. The van der Waals surface area contributed by atoms with Gasteiger partial charge in [-0.1, -0.05) is 17.7 Å². The largest absolute Gasteiger partial charge is 0.497 e. The highest BCUT2D eigenvalue weighted by Gasteiger charge is 2.41. The molecule has 27 heavy (non-hydrogen) atoms. The molecule has 2 aliphatic rings. The molecule has 1 atom stereocenters. The zero-order chi connectivity index (χ0) is 19.3. The van der Waals surface area contributed by atoms with E-state index in [2.05, 4.69) is 24.8 Å². The highest BCUT2D eigenvalue weighted by Crippen LogP contribution is 2.25. The fraction of sp³-hybridized carbons (Fsp3) is 0.571. The summed E-state index contributed by atoms with van der Waals surface area (Å²) in [5.41, 5.74) is 1.49. The number of hydrogen-bond donors (Lipinski definition) is 0. The summed E-state index contributed by atoms with van der Waals surface area (Å²) in [6, 6.07) is 7.29. The maximum absolute atomic E-state index is 13.1. The van der Waals surface area contributed by atoms with Gasteiger partial charge in [0.1, 0.15) is 11.4 Å². The lowest BCUT2D eigenvalue weighted by molar-refractivity contribution is -0.137. The van der Waals surface area contributed by atoms with E-state index >= 15 is 0 Å². The van der Waals surface area contributed by atoms with Crippen molar-refractivity contribution < 1.29 is 19.0 Å². The van der Waals surface area contributed by atoms with E-state index in [1.807, 2.05) is 23.1 Å². The van der Waals surface area contributed by atoms with Crippen LogP contribution in [-0.2, 0) is 9.47 Å². The van der Waals surface area contributed by atoms with Crippen molar-refractivity contribution in [1.82, 2.24) is 9.80 Å². The summed E-state index contributed by atoms with van der Waals surface area (Å²) in [5, 5.41) is 0. The van der Waals surface area contributed by atoms with Gasteiger partial charge in [-0.25, -0.2) is 0 Å². The van der Waals surface area contributed by atoms with Gasteiger partial charge in [0.15, 0.2) is 0 Å². The number of hydrogen-bond acceptors (Lipinski definition) is 5. The predicted molar refractivity (Wildman–Crippen MR) is 104 cm³/mol. The van der Waals surface area contributed by atoms with Crippen molar-refractivity contribution in [3.05, 3.63) is 41.5 Å². The molecule has 3 rings (SSSR count). The number of methoxy groups -OCH3 is 1. The van der Waals surface area contributed by atoms with Gasteiger partial charge in [-0.3, -0.25) is 9.69 Å². The minimum Gasteiger partial charge on any atom is -0.497 e. The van der Waals surface area contributed by atoms with Crippen molar-refractivity contribution in [2.45, 2.75) is 19.4 Å². The second-order valence-electron chi connectivity index (χ2n) is 7.39. The van der Waals surface area contributed by atoms with E-state index in [1.165, 1.54) is 5.57 Å². The molecule has 2 fully saturated rings. The standard InChI is InChI=1S/C21H30N2O4/c1-4-17(2)13-22-8-11-27-21(14-22)15-23(9-10-26-16-21)20(24)18-6-5-7-19(12-18)25-3/h4-7,12H,8-11,13-16H2,1-3H3/b17-4+/t21-/m0/s1. The molecule has 2 saturated heterocycles. The van der Waals surface area contributed by atoms with E-state index in [4.69, 9.17) is 14.2 Å². The number of ether oxygens (including phenoxy) is 3. The van der Waals surface area contributed by atoms with Crippen LogP contribution in [0.25, 0.3) is 0 Å². The van der Waals surface area contributed by atoms with E-state index < -0.39 is 5.60 Å². The molecule has 0 radical (unpaired) electrons. The number of nitrogens with zero attached hydrogens (tertiary/aromatic N) is 2. The monoisotopic (exact) mass is 374 g/mol. The Kier molecular flexibility index (Phi) is 6.52. The maximum atomic E-state index is 13.1. The van der Waals surface area contributed by atoms with Crippen LogP contribution in [0.5, 0.6) is 5.75 Å². The third-order valence-electron chi connectivity index (χ3n) is 5.25. The van der Waals surface area contributed by atoms with Crippen LogP contribution in [0, 0.1) is 0 Å². The Morgan fingerprint density at radius 2 is 2.15 bits per heavy atom. The van der Waals surface area contributed by atoms with Gasteiger partial charge in [0.2, 0.25) is 0 Å². The fourth-order valence-electron chi connectivity index (χ4n) is 3.70. The lowest BCUT2D eigenvalue weighted by atomic mass is 10.0. The predicted octanol–water partition coefficient (Wildman–Crippen LogP) is 2.20. The third-order valence-corrected chi connectivity index (χ3v) is 5.25. The Morgan fingerprint density at radius 3 is 2.93 bits per heavy atom. The number of carbonyl (C=O) groups excluding carboxylic acids is 1. The zero-order valence-electron chi connectivity index (χ0n) is 16.6. The lowest BCUT2D eigenvalue weighted by Crippen LogP contribution is -2.59. The van der Waals surface area contributed by atoms with Gasteiger partial charge >= 0.3 is 0 Å². The van der Waals surface area contributed by atoms with Crippen LogP contribution in [0.1, 0.15) is 24.2 Å². The van der Waals surface area contributed by atoms with Crippen molar-refractivity contribution in [1.29, 1.82) is 0 Å². The van der Waals surface area contributed by atoms with Crippen molar-refractivity contribution in [2.24, 2.45) is 0 Å². The number of morpholine rings is 1. The van der Waals surface area contributed by atoms with Crippen LogP contribution in [0.3, 0.4) is 0 Å². The highest BCUT2D eigenvalue weighted by molar-refractivity contribution is 5.94. The number of carbonyl (C=O) groups is 1. The minimum absolute atomic E-state index is 0.0101. The van der Waals surface area contributed by atoms with E-state index in [0.29, 0.717) is 44.2 Å². The van der Waals surface area contributed by atoms with E-state index in [1.54, 1.807) is 13.2 Å². The zero-order valence-corrected chi connectivity index (χ0v) is 16.6. The van der Waals surface area contributed by atoms with Gasteiger partial charge in [0.05, 0.1) is 33.5 Å². The van der Waals surface area contributed by atoms with E-state index in [-0.39, 0.29) is 5.91 Å². The van der Waals surface area contributed by atoms with Crippen LogP contribution in [0.15, 0.2) is 35.9 Å². The Hall–Kier alpha value is -1.89. The molecule has 148 valence electrons. The first-order chi connectivity index (χ1) is 13.0. The second-order valence-corrected chi connectivity index (χ2v) is 7.39. The van der Waals surface area contributed by atoms with Gasteiger partial charge in [0, 0.05) is 31.7 Å². The van der Waals surface area contributed by atoms with Gasteiger partial charge in [-0.2, -0.15) is 0 Å². The molecule has 1 aromatic carbocycles. The molecule has 6 heteroatoms. The smallest absolute Gasteiger partial charge is 0.254 e. The highest BCUT2D eigenvalue weighted by atomic mass is 16.5. The Bertz CT molecular complexity index is 691. The Balaban J connectivity index is 1.75. The first kappa shape index (κ1) is 19.9. The Morgan fingerprint density at radius 1 is 1.30 bits per heavy atom. The third kappa shape index (κ3) is 4.89. The van der Waals surface area contributed by atoms with Crippen molar-refractivity contribution >= 4 is 5.91 Å². The minimum atomic E-state index is -0.475. The lowest BCUT2D eigenvalue weighted by Gasteiger charge is -2.43. The van der Waals surface area contributed by atoms with Gasteiger partial charge in [0.25, 0.3) is 5.91 Å². The molecule has 2 aliphatic heterocycles. The molecule has 6 nitrogen and oxygen atoms in total. The summed E-state index contributed by atoms with van der Waals surface area (Å²) in [4.78, 5) is 17.3. The quantitative estimate of drug-likeness (QED) is 0.757. The van der Waals surface area contributed by atoms with Crippen LogP contribution < -0.4 is 4.74 Å². The summed E-state index contributed by atoms with van der Waals surface area (Å²) in [7, 11) is 1.61. The second kappa shape index (κ2) is 8.87. The van der Waals surface area contributed by atoms with E-state index in [9.17, 15) is 4.79 Å². The molecule has 1 amide bonds. The normalized spacial score (nSPS) is 24.7. The molecule has 0 bridgehead atoms. The molecule has 2 heterocycles. The SMILES string of the molecule is C/C=C(\C)CN1CCO[C@@]2(COCCN(C(=O)c3cccc(OC)c3)C2)C1. The number of benzene rings is 1. The Labute approximate surface area is 161 Å². The van der Waals surface area contributed by atoms with Crippen LogP contribution in [0.4, 0.5) is 0 Å².